The summed E-state index contributed by atoms with van der Waals surface area (Å²) >= 11 is 4.19. The highest BCUT2D eigenvalue weighted by Crippen LogP contribution is 2.07. The van der Waals surface area contributed by atoms with Gasteiger partial charge in [0.2, 0.25) is 0 Å². The summed E-state index contributed by atoms with van der Waals surface area (Å²) in [4.78, 5) is 18.7. The number of carboxylic acid groups (broad SMARTS) is 2. The summed E-state index contributed by atoms with van der Waals surface area (Å²) in [6.45, 7) is 0. The van der Waals surface area contributed by atoms with Crippen LogP contribution in [0.1, 0.15) is 0 Å². The summed E-state index contributed by atoms with van der Waals surface area (Å²) in [6, 6.07) is 8.35. The van der Waals surface area contributed by atoms with Gasteiger partial charge >= 0.3 is 11.6 Å². The van der Waals surface area contributed by atoms with Gasteiger partial charge in [-0.15, -0.1) is 0 Å². The molecule has 76 valence electrons. The summed E-state index contributed by atoms with van der Waals surface area (Å²) < 4.78 is 4.33. The first-order chi connectivity index (χ1) is 6.52. The van der Waals surface area contributed by atoms with E-state index in [1.54, 1.807) is 30.3 Å². The lowest BCUT2D eigenvalue weighted by molar-refractivity contribution is 0.144. The largest absolute Gasteiger partial charge is 0.511 e. The van der Waals surface area contributed by atoms with Crippen molar-refractivity contribution >= 4 is 23.2 Å². The fourth-order valence-electron chi connectivity index (χ4n) is 0.589. The standard InChI is InChI=1S/C7H6O3.CHClO2/c8-7(9)10-6-4-2-1-3-5-6;2-1(3)4/h1-5H,(H,8,9);(H,3,4). The molecule has 0 radical (unpaired) electrons. The van der Waals surface area contributed by atoms with E-state index in [1.807, 2.05) is 0 Å². The Labute approximate surface area is 84.5 Å². The highest BCUT2D eigenvalue weighted by Gasteiger charge is 1.96. The Morgan fingerprint density at radius 2 is 1.57 bits per heavy atom. The summed E-state index contributed by atoms with van der Waals surface area (Å²) in [5, 5.41) is 15.3. The van der Waals surface area contributed by atoms with Gasteiger partial charge in [0.05, 0.1) is 0 Å². The maximum atomic E-state index is 9.95. The normalized spacial score (nSPS) is 8.07. The molecule has 0 bridgehead atoms. The molecule has 6 heteroatoms. The fourth-order valence-corrected chi connectivity index (χ4v) is 0.589. The van der Waals surface area contributed by atoms with Crippen molar-refractivity contribution in [2.45, 2.75) is 0 Å². The maximum absolute atomic E-state index is 9.95. The molecule has 0 aliphatic carbocycles. The van der Waals surface area contributed by atoms with Gasteiger partial charge in [-0.3, -0.25) is 0 Å². The third-order valence-electron chi connectivity index (χ3n) is 0.948. The Morgan fingerprint density at radius 3 is 1.93 bits per heavy atom. The van der Waals surface area contributed by atoms with Crippen LogP contribution in [0.25, 0.3) is 0 Å². The average molecular weight is 219 g/mol. The molecule has 1 aromatic rings. The minimum Gasteiger partial charge on any atom is -0.469 e. The Hall–Kier alpha value is -1.75. The van der Waals surface area contributed by atoms with Gasteiger partial charge in [-0.1, -0.05) is 18.2 Å². The average Bonchev–Trinajstić information content (AvgIpc) is 2.03. The quantitative estimate of drug-likeness (QED) is 0.430. The SMILES string of the molecule is O=C(O)Cl.O=C(O)Oc1ccccc1. The number of carbonyl (C=O) groups is 2. The molecule has 5 nitrogen and oxygen atoms in total. The van der Waals surface area contributed by atoms with Gasteiger partial charge in [-0.05, 0) is 12.1 Å². The van der Waals surface area contributed by atoms with Gasteiger partial charge in [0, 0.05) is 11.6 Å². The van der Waals surface area contributed by atoms with Crippen LogP contribution >= 0.6 is 11.6 Å². The Bertz CT molecular complexity index is 294. The van der Waals surface area contributed by atoms with E-state index in [-0.39, 0.29) is 0 Å². The Kier molecular flexibility index (Phi) is 5.89. The molecular weight excluding hydrogens is 212 g/mol. The second-order valence-corrected chi connectivity index (χ2v) is 2.26. The van der Waals surface area contributed by atoms with Crippen LogP contribution in [0.15, 0.2) is 30.3 Å². The molecule has 0 unspecified atom stereocenters. The summed E-state index contributed by atoms with van der Waals surface area (Å²) in [6.07, 6.45) is -1.29. The van der Waals surface area contributed by atoms with E-state index in [9.17, 15) is 4.79 Å². The van der Waals surface area contributed by atoms with Crippen LogP contribution in [0, 0.1) is 0 Å². The topological polar surface area (TPSA) is 83.8 Å². The number of para-hydroxylation sites is 1. The minimum atomic E-state index is -1.36. The fraction of sp³-hybridized carbons (Fsp3) is 0. The van der Waals surface area contributed by atoms with E-state index in [0.29, 0.717) is 5.75 Å². The first kappa shape index (κ1) is 12.2. The lowest BCUT2D eigenvalue weighted by Crippen LogP contribution is -2.02. The van der Waals surface area contributed by atoms with E-state index in [4.69, 9.17) is 15.0 Å². The maximum Gasteiger partial charge on any atom is 0.511 e. The monoisotopic (exact) mass is 218 g/mol. The molecule has 1 rings (SSSR count). The van der Waals surface area contributed by atoms with E-state index in [0.717, 1.165) is 0 Å². The number of hydrogen-bond acceptors (Lipinski definition) is 3. The first-order valence-corrected chi connectivity index (χ1v) is 3.74. The van der Waals surface area contributed by atoms with Crippen LogP contribution in [0.4, 0.5) is 9.59 Å². The van der Waals surface area contributed by atoms with Crippen molar-refractivity contribution in [3.63, 3.8) is 0 Å². The van der Waals surface area contributed by atoms with Crippen molar-refractivity contribution in [2.24, 2.45) is 0 Å². The number of hydrogen-bond donors (Lipinski definition) is 2. The van der Waals surface area contributed by atoms with Gasteiger partial charge in [-0.2, -0.15) is 0 Å². The molecule has 1 aromatic carbocycles. The molecular formula is C8H7ClO5. The smallest absolute Gasteiger partial charge is 0.469 e. The molecule has 2 N–H and O–H groups in total. The van der Waals surface area contributed by atoms with Crippen LogP contribution in [-0.4, -0.2) is 21.8 Å². The lowest BCUT2D eigenvalue weighted by atomic mass is 10.3. The third kappa shape index (κ3) is 8.35. The van der Waals surface area contributed by atoms with Crippen LogP contribution in [0.3, 0.4) is 0 Å². The van der Waals surface area contributed by atoms with Crippen molar-refractivity contribution in [3.05, 3.63) is 30.3 Å². The van der Waals surface area contributed by atoms with Gasteiger partial charge in [0.25, 0.3) is 0 Å². The molecule has 14 heavy (non-hydrogen) atoms. The highest BCUT2D eigenvalue weighted by molar-refractivity contribution is 6.60. The van der Waals surface area contributed by atoms with E-state index in [1.165, 1.54) is 0 Å². The third-order valence-corrected chi connectivity index (χ3v) is 0.948. The van der Waals surface area contributed by atoms with E-state index >= 15 is 0 Å². The second-order valence-electron chi connectivity index (χ2n) is 1.93. The molecule has 0 amide bonds. The summed E-state index contributed by atoms with van der Waals surface area (Å²) in [5.41, 5.74) is -1.36. The molecule has 0 heterocycles. The van der Waals surface area contributed by atoms with Crippen LogP contribution < -0.4 is 4.74 Å². The molecule has 0 atom stereocenters. The zero-order valence-corrected chi connectivity index (χ0v) is 7.64. The summed E-state index contributed by atoms with van der Waals surface area (Å²) in [7, 11) is 0. The first-order valence-electron chi connectivity index (χ1n) is 3.36. The predicted molar refractivity (Wildman–Crippen MR) is 49.0 cm³/mol. The molecule has 0 saturated heterocycles. The van der Waals surface area contributed by atoms with Crippen molar-refractivity contribution in [2.75, 3.05) is 0 Å². The Morgan fingerprint density at radius 1 is 1.14 bits per heavy atom. The molecule has 0 aliphatic heterocycles. The Balaban J connectivity index is 0.000000364. The zero-order chi connectivity index (χ0) is 11.0. The van der Waals surface area contributed by atoms with Gasteiger partial charge in [0.1, 0.15) is 5.75 Å². The van der Waals surface area contributed by atoms with Gasteiger partial charge < -0.3 is 14.9 Å². The second kappa shape index (κ2) is 6.73. The molecule has 0 spiro atoms. The van der Waals surface area contributed by atoms with Crippen LogP contribution in [0.5, 0.6) is 5.75 Å². The predicted octanol–water partition coefficient (Wildman–Crippen LogP) is 2.65. The van der Waals surface area contributed by atoms with Gasteiger partial charge in [0.15, 0.2) is 0 Å². The number of benzene rings is 1. The van der Waals surface area contributed by atoms with E-state index in [2.05, 4.69) is 16.3 Å². The minimum absolute atomic E-state index is 0.343. The number of halogens is 1. The molecule has 0 fully saturated rings. The van der Waals surface area contributed by atoms with Gasteiger partial charge in [-0.25, -0.2) is 9.59 Å². The van der Waals surface area contributed by atoms with Crippen molar-refractivity contribution in [3.8, 4) is 5.75 Å². The van der Waals surface area contributed by atoms with Crippen LogP contribution in [0.2, 0.25) is 0 Å². The number of ether oxygens (including phenoxy) is 1. The summed E-state index contributed by atoms with van der Waals surface area (Å²) in [5.74, 6) is 0.343. The molecule has 0 saturated carbocycles. The van der Waals surface area contributed by atoms with Crippen molar-refractivity contribution < 1.29 is 24.5 Å². The highest BCUT2D eigenvalue weighted by atomic mass is 35.5. The zero-order valence-electron chi connectivity index (χ0n) is 6.88. The van der Waals surface area contributed by atoms with Crippen LogP contribution in [-0.2, 0) is 0 Å². The lowest BCUT2D eigenvalue weighted by Gasteiger charge is -1.95. The number of rotatable bonds is 1. The van der Waals surface area contributed by atoms with E-state index < -0.39 is 11.6 Å². The molecule has 0 aliphatic rings. The van der Waals surface area contributed by atoms with Crippen molar-refractivity contribution in [1.29, 1.82) is 0 Å². The van der Waals surface area contributed by atoms with Crippen molar-refractivity contribution in [1.82, 2.24) is 0 Å². The molecule has 0 aromatic heterocycles.